The molecule has 0 aliphatic rings. The monoisotopic (exact) mass is 300 g/mol. The lowest BCUT2D eigenvalue weighted by Gasteiger charge is -2.04. The zero-order valence-electron chi connectivity index (χ0n) is 11.4. The number of aromatic nitrogens is 4. The van der Waals surface area contributed by atoms with Gasteiger partial charge in [0, 0.05) is 14.1 Å². The van der Waals surface area contributed by atoms with Crippen LogP contribution in [0, 0.1) is 0 Å². The van der Waals surface area contributed by atoms with Crippen LogP contribution in [0.1, 0.15) is 0 Å². The van der Waals surface area contributed by atoms with Gasteiger partial charge in [-0.25, -0.2) is 9.78 Å². The van der Waals surface area contributed by atoms with Crippen LogP contribution in [-0.4, -0.2) is 44.3 Å². The number of imidazole rings is 1. The SMILES string of the molecule is C[SiH2]O.Cn1c(=O)c2c(ncn2CC(=O)O)n(C)c1=O. The Morgan fingerprint density at radius 3 is 2.40 bits per heavy atom. The number of carboxylic acids is 1. The van der Waals surface area contributed by atoms with E-state index < -0.39 is 27.0 Å². The molecule has 2 aromatic heterocycles. The molecular weight excluding hydrogens is 284 g/mol. The summed E-state index contributed by atoms with van der Waals surface area (Å²) in [6, 6.07) is 0. The summed E-state index contributed by atoms with van der Waals surface area (Å²) in [7, 11) is 2.23. The van der Waals surface area contributed by atoms with Crippen molar-refractivity contribution in [2.45, 2.75) is 13.1 Å². The minimum Gasteiger partial charge on any atom is -0.480 e. The molecule has 0 saturated carbocycles. The second-order valence-electron chi connectivity index (χ2n) is 3.96. The predicted molar refractivity (Wildman–Crippen MR) is 74.5 cm³/mol. The van der Waals surface area contributed by atoms with E-state index in [4.69, 9.17) is 9.90 Å². The van der Waals surface area contributed by atoms with Crippen molar-refractivity contribution < 1.29 is 14.7 Å². The zero-order valence-corrected chi connectivity index (χ0v) is 12.8. The second-order valence-corrected chi connectivity index (χ2v) is 4.59. The van der Waals surface area contributed by atoms with Gasteiger partial charge in [0.15, 0.2) is 20.9 Å². The molecule has 0 aliphatic heterocycles. The molecule has 9 nitrogen and oxygen atoms in total. The van der Waals surface area contributed by atoms with Crippen LogP contribution in [0.25, 0.3) is 11.2 Å². The van der Waals surface area contributed by atoms with Crippen LogP contribution in [0.4, 0.5) is 0 Å². The highest BCUT2D eigenvalue weighted by Crippen LogP contribution is 2.04. The van der Waals surface area contributed by atoms with Crippen molar-refractivity contribution >= 4 is 26.9 Å². The summed E-state index contributed by atoms with van der Waals surface area (Å²) in [6.45, 7) is 1.45. The molecule has 0 aromatic carbocycles. The molecule has 2 heterocycles. The second kappa shape index (κ2) is 6.30. The van der Waals surface area contributed by atoms with Crippen molar-refractivity contribution in [2.75, 3.05) is 0 Å². The Hall–Kier alpha value is -2.20. The first kappa shape index (κ1) is 15.9. The van der Waals surface area contributed by atoms with Crippen molar-refractivity contribution in [1.82, 2.24) is 18.7 Å². The summed E-state index contributed by atoms with van der Waals surface area (Å²) in [5.41, 5.74) is -0.763. The van der Waals surface area contributed by atoms with E-state index in [0.717, 1.165) is 4.57 Å². The molecular formula is C10H16N4O5Si. The van der Waals surface area contributed by atoms with Gasteiger partial charge in [0.2, 0.25) is 0 Å². The number of hydrogen-bond donors (Lipinski definition) is 2. The van der Waals surface area contributed by atoms with E-state index in [1.54, 1.807) is 0 Å². The molecule has 2 rings (SSSR count). The van der Waals surface area contributed by atoms with Crippen LogP contribution in [0.5, 0.6) is 0 Å². The van der Waals surface area contributed by atoms with Gasteiger partial charge in [-0.15, -0.1) is 0 Å². The zero-order chi connectivity index (χ0) is 15.4. The van der Waals surface area contributed by atoms with Crippen LogP contribution in [-0.2, 0) is 25.4 Å². The Balaban J connectivity index is 0.000000612. The van der Waals surface area contributed by atoms with Gasteiger partial charge < -0.3 is 14.5 Å². The van der Waals surface area contributed by atoms with Crippen LogP contribution >= 0.6 is 0 Å². The van der Waals surface area contributed by atoms with E-state index in [9.17, 15) is 14.4 Å². The molecule has 0 unspecified atom stereocenters. The summed E-state index contributed by atoms with van der Waals surface area (Å²) < 4.78 is 3.33. The topological polar surface area (TPSA) is 119 Å². The molecule has 0 amide bonds. The van der Waals surface area contributed by atoms with Crippen molar-refractivity contribution in [3.63, 3.8) is 0 Å². The minimum absolute atomic E-state index is 0.108. The Morgan fingerprint density at radius 1 is 1.35 bits per heavy atom. The van der Waals surface area contributed by atoms with Crippen molar-refractivity contribution in [1.29, 1.82) is 0 Å². The van der Waals surface area contributed by atoms with Crippen molar-refractivity contribution in [3.8, 4) is 0 Å². The molecule has 0 spiro atoms. The van der Waals surface area contributed by atoms with Gasteiger partial charge in [0.05, 0.1) is 6.33 Å². The standard InChI is InChI=1S/C9H10N4O4.CH6OSi/c1-11-7-6(8(16)12(2)9(11)17)13(4-10-7)3-5(14)15;1-3-2/h4H,3H2,1-2H3,(H,14,15);2H,3H2,1H3. The fourth-order valence-electron chi connectivity index (χ4n) is 1.66. The number of rotatable bonds is 2. The molecule has 20 heavy (non-hydrogen) atoms. The maximum Gasteiger partial charge on any atom is 0.332 e. The molecule has 0 bridgehead atoms. The highest BCUT2D eigenvalue weighted by Gasteiger charge is 2.15. The molecule has 10 heteroatoms. The van der Waals surface area contributed by atoms with Gasteiger partial charge >= 0.3 is 11.7 Å². The van der Waals surface area contributed by atoms with E-state index in [-0.39, 0.29) is 17.7 Å². The van der Waals surface area contributed by atoms with Gasteiger partial charge in [-0.1, -0.05) is 6.55 Å². The lowest BCUT2D eigenvalue weighted by Crippen LogP contribution is -2.37. The van der Waals surface area contributed by atoms with E-state index >= 15 is 0 Å². The summed E-state index contributed by atoms with van der Waals surface area (Å²) in [4.78, 5) is 45.7. The molecule has 2 N–H and O–H groups in total. The van der Waals surface area contributed by atoms with Gasteiger partial charge in [0.25, 0.3) is 5.56 Å². The van der Waals surface area contributed by atoms with Gasteiger partial charge in [-0.2, -0.15) is 0 Å². The Kier molecular flexibility index (Phi) is 4.99. The van der Waals surface area contributed by atoms with Gasteiger partial charge in [-0.3, -0.25) is 18.7 Å². The highest BCUT2D eigenvalue weighted by atomic mass is 28.2. The number of carboxylic acid groups (broad SMARTS) is 1. The van der Waals surface area contributed by atoms with Crippen LogP contribution < -0.4 is 11.2 Å². The lowest BCUT2D eigenvalue weighted by atomic mass is 10.5. The van der Waals surface area contributed by atoms with E-state index in [1.807, 2.05) is 6.55 Å². The molecule has 0 radical (unpaired) electrons. The summed E-state index contributed by atoms with van der Waals surface area (Å²) in [6.07, 6.45) is 1.24. The summed E-state index contributed by atoms with van der Waals surface area (Å²) in [5, 5.41) is 8.70. The highest BCUT2D eigenvalue weighted by molar-refractivity contribution is 6.22. The number of hydrogen-bond acceptors (Lipinski definition) is 5. The van der Waals surface area contributed by atoms with E-state index in [1.165, 1.54) is 29.6 Å². The lowest BCUT2D eigenvalue weighted by molar-refractivity contribution is -0.137. The normalized spacial score (nSPS) is 10.8. The maximum atomic E-state index is 11.9. The smallest absolute Gasteiger partial charge is 0.332 e. The third-order valence-corrected chi connectivity index (χ3v) is 2.52. The van der Waals surface area contributed by atoms with E-state index in [2.05, 4.69) is 4.98 Å². The first-order valence-corrected chi connectivity index (χ1v) is 7.83. The molecule has 0 aliphatic carbocycles. The fraction of sp³-hybridized carbons (Fsp3) is 0.400. The third kappa shape index (κ3) is 2.86. The van der Waals surface area contributed by atoms with Crippen LogP contribution in [0.2, 0.25) is 6.55 Å². The number of aliphatic carboxylic acids is 1. The fourth-order valence-corrected chi connectivity index (χ4v) is 1.66. The first-order valence-electron chi connectivity index (χ1n) is 5.78. The largest absolute Gasteiger partial charge is 0.480 e. The molecule has 110 valence electrons. The van der Waals surface area contributed by atoms with Crippen molar-refractivity contribution in [3.05, 3.63) is 27.2 Å². The average molecular weight is 300 g/mol. The Bertz CT molecular complexity index is 744. The first-order chi connectivity index (χ1) is 9.34. The maximum absolute atomic E-state index is 11.9. The molecule has 0 atom stereocenters. The quantitative estimate of drug-likeness (QED) is 0.598. The van der Waals surface area contributed by atoms with Crippen LogP contribution in [0.3, 0.4) is 0 Å². The third-order valence-electron chi connectivity index (χ3n) is 2.52. The Morgan fingerprint density at radius 2 is 1.90 bits per heavy atom. The number of carbonyl (C=O) groups is 1. The summed E-state index contributed by atoms with van der Waals surface area (Å²) in [5.74, 6) is -1.08. The average Bonchev–Trinajstić information content (AvgIpc) is 2.78. The van der Waals surface area contributed by atoms with Gasteiger partial charge in [-0.05, 0) is 0 Å². The van der Waals surface area contributed by atoms with Gasteiger partial charge in [0.1, 0.15) is 6.54 Å². The molecule has 0 saturated heterocycles. The molecule has 0 fully saturated rings. The number of fused-ring (bicyclic) bond motifs is 1. The predicted octanol–water partition coefficient (Wildman–Crippen LogP) is -2.37. The number of aryl methyl sites for hydroxylation is 1. The Labute approximate surface area is 115 Å². The van der Waals surface area contributed by atoms with Crippen molar-refractivity contribution in [2.24, 2.45) is 14.1 Å². The summed E-state index contributed by atoms with van der Waals surface area (Å²) >= 11 is 0. The number of nitrogens with zero attached hydrogens (tertiary/aromatic N) is 4. The van der Waals surface area contributed by atoms with E-state index in [0.29, 0.717) is 0 Å². The molecule has 2 aromatic rings. The minimum atomic E-state index is -1.08. The van der Waals surface area contributed by atoms with Crippen LogP contribution in [0.15, 0.2) is 15.9 Å².